The predicted molar refractivity (Wildman–Crippen MR) is 103 cm³/mol. The second-order valence-electron chi connectivity index (χ2n) is 6.42. The van der Waals surface area contributed by atoms with Crippen LogP contribution in [0, 0.1) is 27.7 Å². The Hall–Kier alpha value is -2.82. The van der Waals surface area contributed by atoms with Gasteiger partial charge in [-0.25, -0.2) is 0 Å². The summed E-state index contributed by atoms with van der Waals surface area (Å²) in [6, 6.07) is 11.4. The Morgan fingerprint density at radius 2 is 1.62 bits per heavy atom. The van der Waals surface area contributed by atoms with Crippen LogP contribution in [-0.4, -0.2) is 31.5 Å². The quantitative estimate of drug-likeness (QED) is 0.752. The molecule has 0 radical (unpaired) electrons. The van der Waals surface area contributed by atoms with Crippen molar-refractivity contribution in [3.05, 3.63) is 64.2 Å². The zero-order valence-electron chi connectivity index (χ0n) is 15.8. The monoisotopic (exact) mass is 354 g/mol. The predicted octanol–water partition coefficient (Wildman–Crippen LogP) is 2.85. The maximum atomic E-state index is 12.0. The lowest BCUT2D eigenvalue weighted by molar-refractivity contribution is -0.123. The van der Waals surface area contributed by atoms with Gasteiger partial charge in [0.1, 0.15) is 5.75 Å². The molecule has 5 nitrogen and oxygen atoms in total. The lowest BCUT2D eigenvalue weighted by atomic mass is 10.1. The number of aryl methyl sites for hydroxylation is 3. The standard InChI is InChI=1S/C21H26N2O3/c1-14-6-5-7-18(12-14)21(25)23-11-10-22-19(24)13-26-20-16(3)9-8-15(2)17(20)4/h5-9,12H,10-11,13H2,1-4H3,(H,22,24)(H,23,25). The molecule has 2 aromatic carbocycles. The zero-order chi connectivity index (χ0) is 19.1. The first-order valence-corrected chi connectivity index (χ1v) is 8.69. The summed E-state index contributed by atoms with van der Waals surface area (Å²) < 4.78 is 5.67. The molecule has 0 aliphatic heterocycles. The van der Waals surface area contributed by atoms with Gasteiger partial charge in [0.2, 0.25) is 0 Å². The molecule has 26 heavy (non-hydrogen) atoms. The summed E-state index contributed by atoms with van der Waals surface area (Å²) in [5.41, 5.74) is 4.83. The minimum absolute atomic E-state index is 0.0447. The van der Waals surface area contributed by atoms with E-state index in [1.807, 2.05) is 58.0 Å². The van der Waals surface area contributed by atoms with Gasteiger partial charge in [0.05, 0.1) is 0 Å². The van der Waals surface area contributed by atoms with E-state index in [9.17, 15) is 9.59 Å². The Balaban J connectivity index is 1.73. The largest absolute Gasteiger partial charge is 0.483 e. The summed E-state index contributed by atoms with van der Waals surface area (Å²) in [5, 5.41) is 5.53. The molecule has 0 fully saturated rings. The maximum absolute atomic E-state index is 12.0. The molecule has 5 heteroatoms. The molecule has 0 aliphatic carbocycles. The van der Waals surface area contributed by atoms with Gasteiger partial charge in [0, 0.05) is 18.7 Å². The van der Waals surface area contributed by atoms with Crippen LogP contribution in [0.5, 0.6) is 5.75 Å². The number of carbonyl (C=O) groups excluding carboxylic acids is 2. The number of hydrogen-bond acceptors (Lipinski definition) is 3. The first kappa shape index (κ1) is 19.5. The van der Waals surface area contributed by atoms with E-state index >= 15 is 0 Å². The van der Waals surface area contributed by atoms with Crippen molar-refractivity contribution in [2.45, 2.75) is 27.7 Å². The molecule has 2 N–H and O–H groups in total. The van der Waals surface area contributed by atoms with Crippen LogP contribution in [0.4, 0.5) is 0 Å². The van der Waals surface area contributed by atoms with Crippen molar-refractivity contribution in [2.75, 3.05) is 19.7 Å². The molecule has 0 spiro atoms. The first-order valence-electron chi connectivity index (χ1n) is 8.69. The van der Waals surface area contributed by atoms with Gasteiger partial charge in [-0.2, -0.15) is 0 Å². The van der Waals surface area contributed by atoms with Crippen LogP contribution in [-0.2, 0) is 4.79 Å². The van der Waals surface area contributed by atoms with Gasteiger partial charge in [-0.05, 0) is 56.5 Å². The van der Waals surface area contributed by atoms with E-state index in [0.717, 1.165) is 28.0 Å². The van der Waals surface area contributed by atoms with Gasteiger partial charge < -0.3 is 15.4 Å². The molecular formula is C21H26N2O3. The molecule has 0 saturated heterocycles. The third-order valence-electron chi connectivity index (χ3n) is 4.23. The summed E-state index contributed by atoms with van der Waals surface area (Å²) in [5.74, 6) is 0.397. The van der Waals surface area contributed by atoms with Crippen molar-refractivity contribution in [3.63, 3.8) is 0 Å². The fraction of sp³-hybridized carbons (Fsp3) is 0.333. The van der Waals surface area contributed by atoms with Crippen LogP contribution in [0.2, 0.25) is 0 Å². The molecule has 0 saturated carbocycles. The third kappa shape index (κ3) is 5.34. The molecule has 138 valence electrons. The molecule has 0 unspecified atom stereocenters. The molecule has 0 bridgehead atoms. The van der Waals surface area contributed by atoms with E-state index in [1.165, 1.54) is 0 Å². The number of nitrogens with one attached hydrogen (secondary N) is 2. The fourth-order valence-corrected chi connectivity index (χ4v) is 2.60. The van der Waals surface area contributed by atoms with Crippen LogP contribution in [0.1, 0.15) is 32.6 Å². The highest BCUT2D eigenvalue weighted by Crippen LogP contribution is 2.25. The second-order valence-corrected chi connectivity index (χ2v) is 6.42. The first-order chi connectivity index (χ1) is 12.4. The van der Waals surface area contributed by atoms with Crippen LogP contribution >= 0.6 is 0 Å². The minimum Gasteiger partial charge on any atom is -0.483 e. The molecule has 0 aromatic heterocycles. The van der Waals surface area contributed by atoms with Crippen LogP contribution in [0.3, 0.4) is 0 Å². The number of rotatable bonds is 7. The van der Waals surface area contributed by atoms with Crippen molar-refractivity contribution >= 4 is 11.8 Å². The lowest BCUT2D eigenvalue weighted by Crippen LogP contribution is -2.36. The molecule has 0 atom stereocenters. The highest BCUT2D eigenvalue weighted by Gasteiger charge is 2.09. The lowest BCUT2D eigenvalue weighted by Gasteiger charge is -2.14. The molecular weight excluding hydrogens is 328 g/mol. The van der Waals surface area contributed by atoms with Crippen LogP contribution in [0.15, 0.2) is 36.4 Å². The van der Waals surface area contributed by atoms with Crippen molar-refractivity contribution < 1.29 is 14.3 Å². The summed E-state index contributed by atoms with van der Waals surface area (Å²) in [7, 11) is 0. The SMILES string of the molecule is Cc1cccc(C(=O)NCCNC(=O)COc2c(C)ccc(C)c2C)c1. The number of carbonyl (C=O) groups is 2. The van der Waals surface area contributed by atoms with Gasteiger partial charge in [-0.15, -0.1) is 0 Å². The molecule has 2 amide bonds. The number of hydrogen-bond donors (Lipinski definition) is 2. The van der Waals surface area contributed by atoms with E-state index in [1.54, 1.807) is 6.07 Å². The van der Waals surface area contributed by atoms with E-state index in [0.29, 0.717) is 18.7 Å². The fourth-order valence-electron chi connectivity index (χ4n) is 2.60. The van der Waals surface area contributed by atoms with Gasteiger partial charge in [-0.1, -0.05) is 29.8 Å². The van der Waals surface area contributed by atoms with Crippen LogP contribution < -0.4 is 15.4 Å². The Morgan fingerprint density at radius 1 is 0.923 bits per heavy atom. The van der Waals surface area contributed by atoms with Crippen molar-refractivity contribution in [1.82, 2.24) is 10.6 Å². The molecule has 0 heterocycles. The topological polar surface area (TPSA) is 67.4 Å². The number of benzene rings is 2. The number of amides is 2. The van der Waals surface area contributed by atoms with Crippen molar-refractivity contribution in [2.24, 2.45) is 0 Å². The summed E-state index contributed by atoms with van der Waals surface area (Å²) >= 11 is 0. The summed E-state index contributed by atoms with van der Waals surface area (Å²) in [4.78, 5) is 23.9. The molecule has 2 rings (SSSR count). The highest BCUT2D eigenvalue weighted by molar-refractivity contribution is 5.94. The van der Waals surface area contributed by atoms with E-state index < -0.39 is 0 Å². The summed E-state index contributed by atoms with van der Waals surface area (Å²) in [6.07, 6.45) is 0. The second kappa shape index (κ2) is 9.04. The minimum atomic E-state index is -0.213. The molecule has 2 aromatic rings. The van der Waals surface area contributed by atoms with Gasteiger partial charge in [0.15, 0.2) is 6.61 Å². The maximum Gasteiger partial charge on any atom is 0.258 e. The van der Waals surface area contributed by atoms with Crippen LogP contribution in [0.25, 0.3) is 0 Å². The van der Waals surface area contributed by atoms with Crippen molar-refractivity contribution in [1.29, 1.82) is 0 Å². The Bertz CT molecular complexity index is 800. The van der Waals surface area contributed by atoms with Gasteiger partial charge >= 0.3 is 0 Å². The van der Waals surface area contributed by atoms with E-state index in [-0.39, 0.29) is 18.4 Å². The normalized spacial score (nSPS) is 10.3. The van der Waals surface area contributed by atoms with Gasteiger partial charge in [-0.3, -0.25) is 9.59 Å². The Morgan fingerprint density at radius 3 is 2.35 bits per heavy atom. The molecule has 0 aliphatic rings. The third-order valence-corrected chi connectivity index (χ3v) is 4.23. The summed E-state index contributed by atoms with van der Waals surface area (Å²) in [6.45, 7) is 8.56. The van der Waals surface area contributed by atoms with Gasteiger partial charge in [0.25, 0.3) is 11.8 Å². The smallest absolute Gasteiger partial charge is 0.258 e. The zero-order valence-corrected chi connectivity index (χ0v) is 15.8. The average Bonchev–Trinajstić information content (AvgIpc) is 2.61. The Kier molecular flexibility index (Phi) is 6.78. The average molecular weight is 354 g/mol. The van der Waals surface area contributed by atoms with Crippen molar-refractivity contribution in [3.8, 4) is 5.75 Å². The Labute approximate surface area is 154 Å². The highest BCUT2D eigenvalue weighted by atomic mass is 16.5. The van der Waals surface area contributed by atoms with E-state index in [4.69, 9.17) is 4.74 Å². The number of ether oxygens (including phenoxy) is 1. The van der Waals surface area contributed by atoms with E-state index in [2.05, 4.69) is 10.6 Å².